The van der Waals surface area contributed by atoms with Gasteiger partial charge in [-0.05, 0) is 38.0 Å². The van der Waals surface area contributed by atoms with Gasteiger partial charge < -0.3 is 5.32 Å². The Morgan fingerprint density at radius 3 is 2.82 bits per heavy atom. The van der Waals surface area contributed by atoms with Gasteiger partial charge in [0.2, 0.25) is 0 Å². The van der Waals surface area contributed by atoms with Crippen LogP contribution < -0.4 is 10.9 Å². The Bertz CT molecular complexity index is 696. The molecule has 0 bridgehead atoms. The van der Waals surface area contributed by atoms with Crippen LogP contribution in [0.15, 0.2) is 23.0 Å². The molecule has 4 nitrogen and oxygen atoms in total. The number of nitrogens with zero attached hydrogens (tertiary/aromatic N) is 2. The third-order valence-corrected chi connectivity index (χ3v) is 4.29. The van der Waals surface area contributed by atoms with Crippen LogP contribution in [0.25, 0.3) is 10.9 Å². The third-order valence-electron chi connectivity index (χ3n) is 4.06. The summed E-state index contributed by atoms with van der Waals surface area (Å²) in [6.07, 6.45) is 5.00. The van der Waals surface area contributed by atoms with Crippen molar-refractivity contribution in [3.63, 3.8) is 0 Å². The van der Waals surface area contributed by atoms with Gasteiger partial charge in [0, 0.05) is 12.1 Å². The lowest BCUT2D eigenvalue weighted by Gasteiger charge is -2.14. The molecule has 0 aliphatic heterocycles. The van der Waals surface area contributed by atoms with E-state index < -0.39 is 0 Å². The SMILES string of the molecule is CCCCCC[NH2+][C@H](C)c1nc2cc(Cl)ccc2c(=O)n1C. The predicted molar refractivity (Wildman–Crippen MR) is 91.3 cm³/mol. The maximum absolute atomic E-state index is 12.4. The Hall–Kier alpha value is -1.39. The Kier molecular flexibility index (Phi) is 5.98. The van der Waals surface area contributed by atoms with E-state index in [1.165, 1.54) is 25.7 Å². The number of hydrogen-bond acceptors (Lipinski definition) is 2. The van der Waals surface area contributed by atoms with Crippen molar-refractivity contribution >= 4 is 22.5 Å². The van der Waals surface area contributed by atoms with Gasteiger partial charge in [-0.2, -0.15) is 0 Å². The molecule has 1 heterocycles. The Balaban J connectivity index is 2.19. The van der Waals surface area contributed by atoms with Crippen LogP contribution in [0, 0.1) is 0 Å². The van der Waals surface area contributed by atoms with Gasteiger partial charge in [0.15, 0.2) is 5.82 Å². The Morgan fingerprint density at radius 1 is 1.32 bits per heavy atom. The van der Waals surface area contributed by atoms with Crippen molar-refractivity contribution in [3.05, 3.63) is 39.4 Å². The average molecular weight is 323 g/mol. The first kappa shape index (κ1) is 17.0. The summed E-state index contributed by atoms with van der Waals surface area (Å²) in [6.45, 7) is 5.37. The van der Waals surface area contributed by atoms with Crippen LogP contribution in [0.3, 0.4) is 0 Å². The quantitative estimate of drug-likeness (QED) is 0.797. The van der Waals surface area contributed by atoms with E-state index in [1.807, 2.05) is 0 Å². The zero-order chi connectivity index (χ0) is 16.1. The molecule has 22 heavy (non-hydrogen) atoms. The molecule has 0 spiro atoms. The monoisotopic (exact) mass is 322 g/mol. The molecule has 120 valence electrons. The summed E-state index contributed by atoms with van der Waals surface area (Å²) in [5.41, 5.74) is 0.666. The molecule has 1 aromatic heterocycles. The molecule has 2 N–H and O–H groups in total. The highest BCUT2D eigenvalue weighted by atomic mass is 35.5. The zero-order valence-corrected chi connectivity index (χ0v) is 14.4. The summed E-state index contributed by atoms with van der Waals surface area (Å²) in [5, 5.41) is 3.48. The largest absolute Gasteiger partial charge is 0.338 e. The molecule has 0 radical (unpaired) electrons. The summed E-state index contributed by atoms with van der Waals surface area (Å²) >= 11 is 6.02. The van der Waals surface area contributed by atoms with E-state index in [0.29, 0.717) is 15.9 Å². The molecular weight excluding hydrogens is 298 g/mol. The maximum atomic E-state index is 12.4. The van der Waals surface area contributed by atoms with Gasteiger partial charge in [0.25, 0.3) is 5.56 Å². The van der Waals surface area contributed by atoms with Crippen LogP contribution in [0.1, 0.15) is 51.4 Å². The average Bonchev–Trinajstić information content (AvgIpc) is 2.50. The first-order valence-corrected chi connectivity index (χ1v) is 8.42. The van der Waals surface area contributed by atoms with Crippen LogP contribution in [0.4, 0.5) is 0 Å². The molecule has 1 atom stereocenters. The van der Waals surface area contributed by atoms with Gasteiger partial charge in [0.1, 0.15) is 6.04 Å². The number of quaternary nitrogens is 1. The van der Waals surface area contributed by atoms with Crippen molar-refractivity contribution in [1.29, 1.82) is 0 Å². The second-order valence-electron chi connectivity index (χ2n) is 5.87. The lowest BCUT2D eigenvalue weighted by Crippen LogP contribution is -2.85. The molecule has 0 unspecified atom stereocenters. The number of hydrogen-bond donors (Lipinski definition) is 1. The van der Waals surface area contributed by atoms with E-state index in [1.54, 1.807) is 29.8 Å². The molecule has 0 aliphatic carbocycles. The van der Waals surface area contributed by atoms with E-state index in [-0.39, 0.29) is 11.6 Å². The molecule has 0 aliphatic rings. The second kappa shape index (κ2) is 7.75. The molecule has 0 fully saturated rings. The van der Waals surface area contributed by atoms with Crippen molar-refractivity contribution in [3.8, 4) is 0 Å². The normalized spacial score (nSPS) is 12.7. The molecule has 0 saturated heterocycles. The number of rotatable bonds is 7. The highest BCUT2D eigenvalue weighted by Crippen LogP contribution is 2.16. The minimum absolute atomic E-state index is 0.0112. The van der Waals surface area contributed by atoms with E-state index in [0.717, 1.165) is 12.4 Å². The van der Waals surface area contributed by atoms with E-state index in [9.17, 15) is 4.79 Å². The fourth-order valence-corrected chi connectivity index (χ4v) is 2.88. The molecular formula is C17H25ClN3O+. The second-order valence-corrected chi connectivity index (χ2v) is 6.31. The lowest BCUT2D eigenvalue weighted by atomic mass is 10.2. The highest BCUT2D eigenvalue weighted by Gasteiger charge is 2.16. The van der Waals surface area contributed by atoms with Gasteiger partial charge in [-0.3, -0.25) is 9.36 Å². The van der Waals surface area contributed by atoms with Gasteiger partial charge in [-0.25, -0.2) is 4.98 Å². The van der Waals surface area contributed by atoms with Gasteiger partial charge in [-0.1, -0.05) is 31.4 Å². The van der Waals surface area contributed by atoms with Gasteiger partial charge >= 0.3 is 0 Å². The number of nitrogens with two attached hydrogens (primary N) is 1. The van der Waals surface area contributed by atoms with Crippen molar-refractivity contribution in [2.75, 3.05) is 6.54 Å². The van der Waals surface area contributed by atoms with Crippen LogP contribution in [0.2, 0.25) is 5.02 Å². The van der Waals surface area contributed by atoms with Crippen LogP contribution in [0.5, 0.6) is 0 Å². The molecule has 5 heteroatoms. The number of aromatic nitrogens is 2. The van der Waals surface area contributed by atoms with Crippen LogP contribution in [-0.2, 0) is 7.05 Å². The fraction of sp³-hybridized carbons (Fsp3) is 0.529. The first-order valence-electron chi connectivity index (χ1n) is 8.04. The number of fused-ring (bicyclic) bond motifs is 1. The standard InChI is InChI=1S/C17H24ClN3O/c1-4-5-6-7-10-19-12(2)16-20-15-11-13(18)8-9-14(15)17(22)21(16)3/h8-9,11-12,19H,4-7,10H2,1-3H3/p+1/t12-/m1/s1. The molecule has 0 saturated carbocycles. The molecule has 0 amide bonds. The van der Waals surface area contributed by atoms with Gasteiger partial charge in [0.05, 0.1) is 17.4 Å². The predicted octanol–water partition coefficient (Wildman–Crippen LogP) is 2.79. The number of unbranched alkanes of at least 4 members (excludes halogenated alkanes) is 3. The first-order chi connectivity index (χ1) is 10.5. The summed E-state index contributed by atoms with van der Waals surface area (Å²) in [6, 6.07) is 5.39. The molecule has 2 rings (SSSR count). The smallest absolute Gasteiger partial charge is 0.261 e. The van der Waals surface area contributed by atoms with E-state index >= 15 is 0 Å². The van der Waals surface area contributed by atoms with Crippen molar-refractivity contribution in [2.45, 2.75) is 45.6 Å². The third kappa shape index (κ3) is 3.87. The number of halogens is 1. The Labute approximate surface area is 136 Å². The molecule has 1 aromatic carbocycles. The minimum atomic E-state index is -0.0112. The van der Waals surface area contributed by atoms with Crippen molar-refractivity contribution in [2.24, 2.45) is 7.05 Å². The fourth-order valence-electron chi connectivity index (χ4n) is 2.71. The number of benzene rings is 1. The summed E-state index contributed by atoms with van der Waals surface area (Å²) in [7, 11) is 1.79. The van der Waals surface area contributed by atoms with Gasteiger partial charge in [-0.15, -0.1) is 0 Å². The maximum Gasteiger partial charge on any atom is 0.261 e. The van der Waals surface area contributed by atoms with Crippen LogP contribution in [-0.4, -0.2) is 16.1 Å². The van der Waals surface area contributed by atoms with E-state index in [2.05, 4.69) is 24.1 Å². The van der Waals surface area contributed by atoms with Crippen molar-refractivity contribution in [1.82, 2.24) is 9.55 Å². The summed E-state index contributed by atoms with van der Waals surface area (Å²) < 4.78 is 1.66. The lowest BCUT2D eigenvalue weighted by molar-refractivity contribution is -0.694. The van der Waals surface area contributed by atoms with E-state index in [4.69, 9.17) is 11.6 Å². The topological polar surface area (TPSA) is 51.5 Å². The summed E-state index contributed by atoms with van der Waals surface area (Å²) in [4.78, 5) is 17.1. The Morgan fingerprint density at radius 2 is 2.09 bits per heavy atom. The van der Waals surface area contributed by atoms with Crippen LogP contribution >= 0.6 is 11.6 Å². The zero-order valence-electron chi connectivity index (χ0n) is 13.6. The highest BCUT2D eigenvalue weighted by molar-refractivity contribution is 6.31. The molecule has 2 aromatic rings. The minimum Gasteiger partial charge on any atom is -0.338 e. The van der Waals surface area contributed by atoms with Crippen molar-refractivity contribution < 1.29 is 5.32 Å². The summed E-state index contributed by atoms with van der Waals surface area (Å²) in [5.74, 6) is 0.801.